The van der Waals surface area contributed by atoms with Crippen molar-refractivity contribution in [1.29, 1.82) is 5.26 Å². The number of hydrogen-bond donors (Lipinski definition) is 0. The number of rotatable bonds is 5. The highest BCUT2D eigenvalue weighted by Gasteiger charge is 2.14. The van der Waals surface area contributed by atoms with Gasteiger partial charge in [-0.2, -0.15) is 19.1 Å². The molecule has 130 valence electrons. The van der Waals surface area contributed by atoms with Crippen molar-refractivity contribution >= 4 is 6.29 Å². The summed E-state index contributed by atoms with van der Waals surface area (Å²) in [7, 11) is 1.73. The van der Waals surface area contributed by atoms with E-state index in [4.69, 9.17) is 5.26 Å². The van der Waals surface area contributed by atoms with E-state index in [0.29, 0.717) is 23.2 Å². The van der Waals surface area contributed by atoms with Crippen LogP contribution in [-0.2, 0) is 7.05 Å². The Morgan fingerprint density at radius 3 is 2.62 bits per heavy atom. The zero-order valence-corrected chi connectivity index (χ0v) is 13.6. The average molecular weight is 354 g/mol. The standard InChI is InChI=1S/C18H12F2N4O2/c1-24-16(12-4-5-14(8-21)22-9-12)7-15(23-24)11-2-3-13(10-25)17(6-11)26-18(19)20/h2-7,9-10,18H,1H3. The fourth-order valence-corrected chi connectivity index (χ4v) is 2.48. The third kappa shape index (κ3) is 3.42. The Kier molecular flexibility index (Phi) is 4.71. The van der Waals surface area contributed by atoms with Gasteiger partial charge in [0.25, 0.3) is 0 Å². The van der Waals surface area contributed by atoms with Crippen LogP contribution >= 0.6 is 0 Å². The quantitative estimate of drug-likeness (QED) is 0.656. The maximum atomic E-state index is 12.5. The number of ether oxygens (including phenoxy) is 1. The SMILES string of the molecule is Cn1nc(-c2ccc(C=O)c(OC(F)F)c2)cc1-c1ccc(C#N)nc1. The molecule has 0 aliphatic rings. The molecule has 0 saturated heterocycles. The summed E-state index contributed by atoms with van der Waals surface area (Å²) in [4.78, 5) is 15.0. The summed E-state index contributed by atoms with van der Waals surface area (Å²) in [6.45, 7) is -3.03. The van der Waals surface area contributed by atoms with E-state index >= 15 is 0 Å². The molecule has 3 rings (SSSR count). The van der Waals surface area contributed by atoms with E-state index in [1.807, 2.05) is 6.07 Å². The summed E-state index contributed by atoms with van der Waals surface area (Å²) in [5, 5.41) is 13.2. The van der Waals surface area contributed by atoms with Gasteiger partial charge < -0.3 is 4.74 Å². The molecule has 0 aliphatic carbocycles. The first-order valence-corrected chi connectivity index (χ1v) is 7.47. The number of aryl methyl sites for hydroxylation is 1. The maximum Gasteiger partial charge on any atom is 0.387 e. The van der Waals surface area contributed by atoms with Crippen LogP contribution in [0.3, 0.4) is 0 Å². The Labute approximate surface area is 147 Å². The smallest absolute Gasteiger partial charge is 0.387 e. The summed E-state index contributed by atoms with van der Waals surface area (Å²) in [5.74, 6) is -0.209. The molecule has 2 heterocycles. The molecule has 3 aromatic rings. The van der Waals surface area contributed by atoms with Crippen LogP contribution in [0, 0.1) is 11.3 Å². The van der Waals surface area contributed by atoms with E-state index < -0.39 is 6.61 Å². The second kappa shape index (κ2) is 7.11. The van der Waals surface area contributed by atoms with Crippen molar-refractivity contribution in [3.63, 3.8) is 0 Å². The van der Waals surface area contributed by atoms with Gasteiger partial charge in [-0.25, -0.2) is 4.98 Å². The highest BCUT2D eigenvalue weighted by molar-refractivity contribution is 5.82. The molecule has 0 fully saturated rings. The van der Waals surface area contributed by atoms with E-state index in [0.717, 1.165) is 11.3 Å². The second-order valence-electron chi connectivity index (χ2n) is 5.33. The first kappa shape index (κ1) is 17.2. The molecule has 26 heavy (non-hydrogen) atoms. The number of aromatic nitrogens is 3. The zero-order chi connectivity index (χ0) is 18.7. The molecule has 0 unspecified atom stereocenters. The summed E-state index contributed by atoms with van der Waals surface area (Å²) in [5.41, 5.74) is 2.85. The number of carbonyl (C=O) groups excluding carboxylic acids is 1. The minimum Gasteiger partial charge on any atom is -0.434 e. The van der Waals surface area contributed by atoms with Crippen molar-refractivity contribution in [2.75, 3.05) is 0 Å². The third-order valence-electron chi connectivity index (χ3n) is 3.71. The van der Waals surface area contributed by atoms with Crippen molar-refractivity contribution in [3.05, 3.63) is 53.9 Å². The van der Waals surface area contributed by atoms with Crippen LogP contribution in [0.1, 0.15) is 16.1 Å². The Hall–Kier alpha value is -3.60. The molecule has 6 nitrogen and oxygen atoms in total. The van der Waals surface area contributed by atoms with E-state index in [2.05, 4.69) is 14.8 Å². The Bertz CT molecular complexity index is 991. The third-order valence-corrected chi connectivity index (χ3v) is 3.71. The van der Waals surface area contributed by atoms with Gasteiger partial charge in [-0.15, -0.1) is 0 Å². The van der Waals surface area contributed by atoms with E-state index in [1.54, 1.807) is 42.2 Å². The van der Waals surface area contributed by atoms with Gasteiger partial charge in [-0.05, 0) is 30.3 Å². The summed E-state index contributed by atoms with van der Waals surface area (Å²) in [6.07, 6.45) is 2.01. The second-order valence-corrected chi connectivity index (χ2v) is 5.33. The fourth-order valence-electron chi connectivity index (χ4n) is 2.48. The monoisotopic (exact) mass is 354 g/mol. The van der Waals surface area contributed by atoms with Gasteiger partial charge in [0.15, 0.2) is 6.29 Å². The zero-order valence-electron chi connectivity index (χ0n) is 13.6. The Morgan fingerprint density at radius 1 is 1.23 bits per heavy atom. The number of nitrogens with zero attached hydrogens (tertiary/aromatic N) is 4. The number of carbonyl (C=O) groups is 1. The topological polar surface area (TPSA) is 80.8 Å². The predicted molar refractivity (Wildman–Crippen MR) is 88.6 cm³/mol. The number of alkyl halides is 2. The van der Waals surface area contributed by atoms with Gasteiger partial charge in [0.2, 0.25) is 0 Å². The molecule has 0 N–H and O–H groups in total. The predicted octanol–water partition coefficient (Wildman–Crippen LogP) is 3.43. The van der Waals surface area contributed by atoms with Crippen molar-refractivity contribution in [2.24, 2.45) is 7.05 Å². The van der Waals surface area contributed by atoms with E-state index in [1.165, 1.54) is 12.1 Å². The molecular formula is C18H12F2N4O2. The summed E-state index contributed by atoms with van der Waals surface area (Å²) >= 11 is 0. The number of aldehydes is 1. The minimum absolute atomic E-state index is 0.0292. The molecule has 1 aromatic carbocycles. The van der Waals surface area contributed by atoms with Crippen LogP contribution in [-0.4, -0.2) is 27.7 Å². The van der Waals surface area contributed by atoms with Crippen molar-refractivity contribution in [1.82, 2.24) is 14.8 Å². The lowest BCUT2D eigenvalue weighted by Gasteiger charge is -2.08. The molecule has 8 heteroatoms. The Morgan fingerprint density at radius 2 is 2.00 bits per heavy atom. The molecule has 0 bridgehead atoms. The molecule has 2 aromatic heterocycles. The molecule has 0 saturated carbocycles. The fraction of sp³-hybridized carbons (Fsp3) is 0.111. The molecule has 0 amide bonds. The maximum absolute atomic E-state index is 12.5. The first-order chi connectivity index (χ1) is 12.5. The lowest BCUT2D eigenvalue weighted by Crippen LogP contribution is -2.04. The van der Waals surface area contributed by atoms with Crippen molar-refractivity contribution in [3.8, 4) is 34.3 Å². The molecule has 0 radical (unpaired) electrons. The normalized spacial score (nSPS) is 10.6. The number of benzene rings is 1. The van der Waals surface area contributed by atoms with Gasteiger partial charge >= 0.3 is 6.61 Å². The van der Waals surface area contributed by atoms with Crippen LogP contribution in [0.2, 0.25) is 0 Å². The molecular weight excluding hydrogens is 342 g/mol. The van der Waals surface area contributed by atoms with Crippen LogP contribution in [0.25, 0.3) is 22.5 Å². The van der Waals surface area contributed by atoms with Gasteiger partial charge in [0.1, 0.15) is 17.5 Å². The van der Waals surface area contributed by atoms with Gasteiger partial charge in [0, 0.05) is 24.4 Å². The minimum atomic E-state index is -3.03. The summed E-state index contributed by atoms with van der Waals surface area (Å²) < 4.78 is 31.1. The number of nitriles is 1. The van der Waals surface area contributed by atoms with Crippen LogP contribution in [0.4, 0.5) is 8.78 Å². The number of hydrogen-bond acceptors (Lipinski definition) is 5. The average Bonchev–Trinajstić information content (AvgIpc) is 3.03. The highest BCUT2D eigenvalue weighted by Crippen LogP contribution is 2.30. The van der Waals surface area contributed by atoms with E-state index in [9.17, 15) is 13.6 Å². The van der Waals surface area contributed by atoms with Crippen molar-refractivity contribution in [2.45, 2.75) is 6.61 Å². The lowest BCUT2D eigenvalue weighted by atomic mass is 10.1. The van der Waals surface area contributed by atoms with Gasteiger partial charge in [-0.3, -0.25) is 9.48 Å². The Balaban J connectivity index is 2.00. The molecule has 0 aliphatic heterocycles. The van der Waals surface area contributed by atoms with Gasteiger partial charge in [-0.1, -0.05) is 6.07 Å². The molecule has 0 spiro atoms. The van der Waals surface area contributed by atoms with Crippen LogP contribution in [0.15, 0.2) is 42.6 Å². The van der Waals surface area contributed by atoms with Crippen molar-refractivity contribution < 1.29 is 18.3 Å². The van der Waals surface area contributed by atoms with Crippen LogP contribution in [0.5, 0.6) is 5.75 Å². The molecule has 0 atom stereocenters. The van der Waals surface area contributed by atoms with Gasteiger partial charge in [0.05, 0.1) is 17.0 Å². The largest absolute Gasteiger partial charge is 0.434 e. The van der Waals surface area contributed by atoms with Crippen LogP contribution < -0.4 is 4.74 Å². The first-order valence-electron chi connectivity index (χ1n) is 7.47. The number of halogens is 2. The van der Waals surface area contributed by atoms with E-state index in [-0.39, 0.29) is 11.3 Å². The number of pyridine rings is 1. The lowest BCUT2D eigenvalue weighted by molar-refractivity contribution is -0.0500. The summed E-state index contributed by atoms with van der Waals surface area (Å²) in [6, 6.07) is 11.4. The highest BCUT2D eigenvalue weighted by atomic mass is 19.3.